The molecule has 0 heterocycles. The molecule has 0 aromatic heterocycles. The zero-order valence-electron chi connectivity index (χ0n) is 11.3. The number of hydrogen-bond acceptors (Lipinski definition) is 2. The average molecular weight is 350 g/mol. The lowest BCUT2D eigenvalue weighted by Gasteiger charge is -2.08. The highest BCUT2D eigenvalue weighted by Crippen LogP contribution is 2.26. The maximum Gasteiger partial charge on any atom is 0.255 e. The number of anilines is 1. The van der Waals surface area contributed by atoms with Gasteiger partial charge in [-0.1, -0.05) is 6.58 Å². The summed E-state index contributed by atoms with van der Waals surface area (Å²) in [6, 6.07) is 9.36. The largest absolute Gasteiger partial charge is 0.464 e. The maximum atomic E-state index is 13.2. The minimum Gasteiger partial charge on any atom is -0.464 e. The van der Waals surface area contributed by atoms with Gasteiger partial charge in [-0.2, -0.15) is 0 Å². The number of hydrogen-bond donors (Lipinski definition) is 1. The summed E-state index contributed by atoms with van der Waals surface area (Å²) in [5, 5.41) is 2.72. The van der Waals surface area contributed by atoms with Crippen LogP contribution >= 0.6 is 15.9 Å². The fraction of sp³-hybridized carbons (Fsp3) is 0.0625. The molecule has 0 aliphatic carbocycles. The van der Waals surface area contributed by atoms with Crippen LogP contribution in [-0.4, -0.2) is 5.91 Å². The number of carbonyl (C=O) groups is 1. The smallest absolute Gasteiger partial charge is 0.255 e. The van der Waals surface area contributed by atoms with Gasteiger partial charge in [-0.05, 0) is 64.8 Å². The summed E-state index contributed by atoms with van der Waals surface area (Å²) < 4.78 is 19.0. The molecule has 0 aliphatic rings. The van der Waals surface area contributed by atoms with Crippen LogP contribution in [0.15, 0.2) is 53.7 Å². The van der Waals surface area contributed by atoms with Crippen molar-refractivity contribution in [3.63, 3.8) is 0 Å². The molecule has 0 atom stereocenters. The zero-order valence-corrected chi connectivity index (χ0v) is 12.9. The first kappa shape index (κ1) is 15.3. The predicted molar refractivity (Wildman–Crippen MR) is 84.1 cm³/mol. The van der Waals surface area contributed by atoms with Crippen LogP contribution in [0.5, 0.6) is 5.75 Å². The number of aryl methyl sites for hydroxylation is 1. The van der Waals surface area contributed by atoms with Crippen LogP contribution in [0.3, 0.4) is 0 Å². The second-order valence-electron chi connectivity index (χ2n) is 4.35. The molecule has 0 unspecified atom stereocenters. The van der Waals surface area contributed by atoms with Gasteiger partial charge in [-0.15, -0.1) is 0 Å². The van der Waals surface area contributed by atoms with E-state index in [0.29, 0.717) is 27.0 Å². The van der Waals surface area contributed by atoms with Gasteiger partial charge in [0.25, 0.3) is 5.91 Å². The fourth-order valence-corrected chi connectivity index (χ4v) is 2.23. The third-order valence-electron chi connectivity index (χ3n) is 2.82. The van der Waals surface area contributed by atoms with Crippen molar-refractivity contribution in [2.45, 2.75) is 6.92 Å². The Morgan fingerprint density at radius 1 is 1.33 bits per heavy atom. The molecule has 0 saturated carbocycles. The molecule has 0 radical (unpaired) electrons. The summed E-state index contributed by atoms with van der Waals surface area (Å²) >= 11 is 3.32. The SMILES string of the molecule is C=COc1ccc(C(=O)Nc2ccc(F)c(C)c2)cc1Br. The molecule has 1 N–H and O–H groups in total. The summed E-state index contributed by atoms with van der Waals surface area (Å²) in [6.45, 7) is 5.11. The van der Waals surface area contributed by atoms with E-state index >= 15 is 0 Å². The highest BCUT2D eigenvalue weighted by Gasteiger charge is 2.10. The lowest BCUT2D eigenvalue weighted by Crippen LogP contribution is -2.12. The first-order valence-electron chi connectivity index (χ1n) is 6.16. The van der Waals surface area contributed by atoms with E-state index in [0.717, 1.165) is 0 Å². The highest BCUT2D eigenvalue weighted by atomic mass is 79.9. The van der Waals surface area contributed by atoms with Crippen molar-refractivity contribution in [1.82, 2.24) is 0 Å². The topological polar surface area (TPSA) is 38.3 Å². The molecule has 108 valence electrons. The molecule has 0 aliphatic heterocycles. The molecule has 2 aromatic rings. The van der Waals surface area contributed by atoms with Crippen LogP contribution in [0, 0.1) is 12.7 Å². The van der Waals surface area contributed by atoms with Gasteiger partial charge in [0.1, 0.15) is 11.6 Å². The molecule has 21 heavy (non-hydrogen) atoms. The van der Waals surface area contributed by atoms with Crippen molar-refractivity contribution in [2.24, 2.45) is 0 Å². The third-order valence-corrected chi connectivity index (χ3v) is 3.44. The summed E-state index contributed by atoms with van der Waals surface area (Å²) in [5.74, 6) is -0.0206. The van der Waals surface area contributed by atoms with E-state index in [2.05, 4.69) is 27.8 Å². The molecular formula is C16H13BrFNO2. The summed E-state index contributed by atoms with van der Waals surface area (Å²) in [7, 11) is 0. The first-order chi connectivity index (χ1) is 10.0. The Kier molecular flexibility index (Phi) is 4.75. The van der Waals surface area contributed by atoms with Crippen molar-refractivity contribution in [3.05, 3.63) is 70.7 Å². The summed E-state index contributed by atoms with van der Waals surface area (Å²) in [5.41, 5.74) is 1.48. The van der Waals surface area contributed by atoms with Gasteiger partial charge in [0.15, 0.2) is 0 Å². The Hall–Kier alpha value is -2.14. The number of amides is 1. The second-order valence-corrected chi connectivity index (χ2v) is 5.20. The lowest BCUT2D eigenvalue weighted by molar-refractivity contribution is 0.102. The van der Waals surface area contributed by atoms with Gasteiger partial charge in [0, 0.05) is 11.3 Å². The van der Waals surface area contributed by atoms with Crippen molar-refractivity contribution in [1.29, 1.82) is 0 Å². The van der Waals surface area contributed by atoms with Gasteiger partial charge in [0.2, 0.25) is 0 Å². The Morgan fingerprint density at radius 3 is 2.71 bits per heavy atom. The third kappa shape index (κ3) is 3.70. The Balaban J connectivity index is 2.18. The van der Waals surface area contributed by atoms with E-state index in [1.165, 1.54) is 18.4 Å². The maximum absolute atomic E-state index is 13.2. The average Bonchev–Trinajstić information content (AvgIpc) is 2.45. The van der Waals surface area contributed by atoms with Crippen molar-refractivity contribution in [3.8, 4) is 5.75 Å². The summed E-state index contributed by atoms with van der Waals surface area (Å²) in [4.78, 5) is 12.1. The molecule has 0 bridgehead atoms. The predicted octanol–water partition coefficient (Wildman–Crippen LogP) is 4.67. The van der Waals surface area contributed by atoms with Gasteiger partial charge < -0.3 is 10.1 Å². The number of ether oxygens (including phenoxy) is 1. The van der Waals surface area contributed by atoms with Crippen LogP contribution in [0.2, 0.25) is 0 Å². The Bertz CT molecular complexity index is 701. The quantitative estimate of drug-likeness (QED) is 0.814. The van der Waals surface area contributed by atoms with Crippen LogP contribution in [0.25, 0.3) is 0 Å². The standard InChI is InChI=1S/C16H13BrFNO2/c1-3-21-15-7-4-11(9-13(15)17)16(20)19-12-5-6-14(18)10(2)8-12/h3-9H,1H2,2H3,(H,19,20). The number of halogens is 2. The Labute approximate surface area is 130 Å². The van der Waals surface area contributed by atoms with E-state index in [9.17, 15) is 9.18 Å². The van der Waals surface area contributed by atoms with Crippen LogP contribution in [0.4, 0.5) is 10.1 Å². The van der Waals surface area contributed by atoms with Gasteiger partial charge in [-0.3, -0.25) is 4.79 Å². The monoisotopic (exact) mass is 349 g/mol. The molecule has 2 aromatic carbocycles. The van der Waals surface area contributed by atoms with E-state index in [1.54, 1.807) is 31.2 Å². The van der Waals surface area contributed by atoms with Crippen molar-refractivity contribution >= 4 is 27.5 Å². The number of rotatable bonds is 4. The minimum absolute atomic E-state index is 0.285. The highest BCUT2D eigenvalue weighted by molar-refractivity contribution is 9.10. The molecule has 5 heteroatoms. The van der Waals surface area contributed by atoms with E-state index in [4.69, 9.17) is 4.74 Å². The molecule has 1 amide bonds. The number of carbonyl (C=O) groups excluding carboxylic acids is 1. The van der Waals surface area contributed by atoms with Crippen LogP contribution < -0.4 is 10.1 Å². The molecule has 3 nitrogen and oxygen atoms in total. The first-order valence-corrected chi connectivity index (χ1v) is 6.95. The van der Waals surface area contributed by atoms with E-state index < -0.39 is 0 Å². The van der Waals surface area contributed by atoms with E-state index in [1.807, 2.05) is 0 Å². The molecule has 2 rings (SSSR count). The lowest BCUT2D eigenvalue weighted by atomic mass is 10.1. The minimum atomic E-state index is -0.304. The molecule has 0 saturated heterocycles. The van der Waals surface area contributed by atoms with E-state index in [-0.39, 0.29) is 11.7 Å². The van der Waals surface area contributed by atoms with Gasteiger partial charge in [-0.25, -0.2) is 4.39 Å². The number of benzene rings is 2. The molecule has 0 fully saturated rings. The summed E-state index contributed by atoms with van der Waals surface area (Å²) in [6.07, 6.45) is 1.31. The van der Waals surface area contributed by atoms with Crippen LogP contribution in [-0.2, 0) is 0 Å². The fourth-order valence-electron chi connectivity index (χ4n) is 1.75. The molecule has 0 spiro atoms. The second kappa shape index (κ2) is 6.54. The normalized spacial score (nSPS) is 10.0. The Morgan fingerprint density at radius 2 is 2.10 bits per heavy atom. The van der Waals surface area contributed by atoms with Gasteiger partial charge in [0.05, 0.1) is 10.7 Å². The van der Waals surface area contributed by atoms with Crippen molar-refractivity contribution < 1.29 is 13.9 Å². The zero-order chi connectivity index (χ0) is 15.4. The van der Waals surface area contributed by atoms with Crippen LogP contribution in [0.1, 0.15) is 15.9 Å². The van der Waals surface area contributed by atoms with Gasteiger partial charge >= 0.3 is 0 Å². The molecular weight excluding hydrogens is 337 g/mol. The number of nitrogens with one attached hydrogen (secondary N) is 1. The van der Waals surface area contributed by atoms with Crippen molar-refractivity contribution in [2.75, 3.05) is 5.32 Å².